The summed E-state index contributed by atoms with van der Waals surface area (Å²) in [6.45, 7) is 1.76. The second-order valence-electron chi connectivity index (χ2n) is 4.89. The highest BCUT2D eigenvalue weighted by Gasteiger charge is 2.16. The van der Waals surface area contributed by atoms with E-state index in [2.05, 4.69) is 5.32 Å². The minimum absolute atomic E-state index is 0.253. The summed E-state index contributed by atoms with van der Waals surface area (Å²) >= 11 is 6.22. The van der Waals surface area contributed by atoms with Crippen molar-refractivity contribution in [3.63, 3.8) is 0 Å². The second kappa shape index (κ2) is 6.24. The molecular formula is C16H16ClNO3. The van der Waals surface area contributed by atoms with Crippen molar-refractivity contribution in [2.45, 2.75) is 13.0 Å². The average Bonchev–Trinajstić information content (AvgIpc) is 2.92. The molecule has 0 aliphatic carbocycles. The van der Waals surface area contributed by atoms with Gasteiger partial charge in [-0.1, -0.05) is 23.7 Å². The molecular weight excluding hydrogens is 290 g/mol. The van der Waals surface area contributed by atoms with Crippen molar-refractivity contribution >= 4 is 11.6 Å². The van der Waals surface area contributed by atoms with E-state index in [9.17, 15) is 5.11 Å². The van der Waals surface area contributed by atoms with Crippen LogP contribution < -0.4 is 14.8 Å². The lowest BCUT2D eigenvalue weighted by atomic mass is 10.1. The molecule has 1 aliphatic heterocycles. The van der Waals surface area contributed by atoms with E-state index in [-0.39, 0.29) is 6.79 Å². The van der Waals surface area contributed by atoms with E-state index in [1.54, 1.807) is 18.2 Å². The minimum atomic E-state index is 0.253. The number of hydrogen-bond donors (Lipinski definition) is 2. The Labute approximate surface area is 128 Å². The molecule has 2 aromatic rings. The van der Waals surface area contributed by atoms with Gasteiger partial charge in [0.05, 0.1) is 0 Å². The SMILES string of the molecule is Oc1ccc(CCNCc2cc3c(cc2Cl)OCO3)cc1. The van der Waals surface area contributed by atoms with E-state index in [0.29, 0.717) is 23.1 Å². The van der Waals surface area contributed by atoms with Crippen LogP contribution in [0.5, 0.6) is 17.2 Å². The first-order valence-electron chi connectivity index (χ1n) is 6.79. The van der Waals surface area contributed by atoms with Gasteiger partial charge in [-0.25, -0.2) is 0 Å². The molecule has 1 aliphatic rings. The number of fused-ring (bicyclic) bond motifs is 1. The second-order valence-corrected chi connectivity index (χ2v) is 5.30. The minimum Gasteiger partial charge on any atom is -0.508 e. The van der Waals surface area contributed by atoms with Gasteiger partial charge in [0.2, 0.25) is 6.79 Å². The normalized spacial score (nSPS) is 12.6. The zero-order valence-corrected chi connectivity index (χ0v) is 12.2. The largest absolute Gasteiger partial charge is 0.508 e. The molecule has 2 aromatic carbocycles. The third-order valence-electron chi connectivity index (χ3n) is 3.38. The van der Waals surface area contributed by atoms with Crippen molar-refractivity contribution in [3.05, 3.63) is 52.5 Å². The summed E-state index contributed by atoms with van der Waals surface area (Å²) in [5.74, 6) is 1.74. The van der Waals surface area contributed by atoms with Crippen LogP contribution in [0.3, 0.4) is 0 Å². The topological polar surface area (TPSA) is 50.7 Å². The Kier molecular flexibility index (Phi) is 4.18. The highest BCUT2D eigenvalue weighted by Crippen LogP contribution is 2.36. The maximum atomic E-state index is 9.23. The fourth-order valence-corrected chi connectivity index (χ4v) is 2.43. The monoisotopic (exact) mass is 305 g/mol. The van der Waals surface area contributed by atoms with Crippen LogP contribution in [-0.2, 0) is 13.0 Å². The fourth-order valence-electron chi connectivity index (χ4n) is 2.21. The van der Waals surface area contributed by atoms with Gasteiger partial charge in [0.15, 0.2) is 11.5 Å². The van der Waals surface area contributed by atoms with Gasteiger partial charge in [-0.3, -0.25) is 0 Å². The molecule has 110 valence electrons. The van der Waals surface area contributed by atoms with Gasteiger partial charge >= 0.3 is 0 Å². The van der Waals surface area contributed by atoms with Crippen molar-refractivity contribution in [2.24, 2.45) is 0 Å². The predicted molar refractivity (Wildman–Crippen MR) is 81.1 cm³/mol. The van der Waals surface area contributed by atoms with Crippen LogP contribution in [0.1, 0.15) is 11.1 Å². The Hall–Kier alpha value is -1.91. The first-order chi connectivity index (χ1) is 10.2. The van der Waals surface area contributed by atoms with Gasteiger partial charge in [-0.2, -0.15) is 0 Å². The highest BCUT2D eigenvalue weighted by molar-refractivity contribution is 6.31. The lowest BCUT2D eigenvalue weighted by Crippen LogP contribution is -2.16. The van der Waals surface area contributed by atoms with E-state index in [1.807, 2.05) is 18.2 Å². The first-order valence-corrected chi connectivity index (χ1v) is 7.17. The number of benzene rings is 2. The summed E-state index contributed by atoms with van der Waals surface area (Å²) < 4.78 is 10.6. The van der Waals surface area contributed by atoms with E-state index in [0.717, 1.165) is 24.3 Å². The molecule has 0 saturated carbocycles. The van der Waals surface area contributed by atoms with Gasteiger partial charge in [-0.05, 0) is 42.3 Å². The molecule has 0 atom stereocenters. The summed E-state index contributed by atoms with van der Waals surface area (Å²) in [5.41, 5.74) is 2.17. The molecule has 0 unspecified atom stereocenters. The highest BCUT2D eigenvalue weighted by atomic mass is 35.5. The van der Waals surface area contributed by atoms with E-state index in [4.69, 9.17) is 21.1 Å². The number of phenolic OH excluding ortho intramolecular Hbond substituents is 1. The number of aromatic hydroxyl groups is 1. The van der Waals surface area contributed by atoms with Crippen molar-refractivity contribution in [1.29, 1.82) is 0 Å². The van der Waals surface area contributed by atoms with Crippen LogP contribution in [0.25, 0.3) is 0 Å². The van der Waals surface area contributed by atoms with Gasteiger partial charge < -0.3 is 19.9 Å². The number of hydrogen-bond acceptors (Lipinski definition) is 4. The van der Waals surface area contributed by atoms with Gasteiger partial charge in [-0.15, -0.1) is 0 Å². The van der Waals surface area contributed by atoms with Crippen LogP contribution in [0, 0.1) is 0 Å². The Morgan fingerprint density at radius 2 is 1.81 bits per heavy atom. The molecule has 3 rings (SSSR count). The van der Waals surface area contributed by atoms with Crippen molar-refractivity contribution in [3.8, 4) is 17.2 Å². The van der Waals surface area contributed by atoms with Crippen LogP contribution in [0.4, 0.5) is 0 Å². The molecule has 0 fully saturated rings. The Morgan fingerprint density at radius 3 is 2.57 bits per heavy atom. The quantitative estimate of drug-likeness (QED) is 0.833. The summed E-state index contributed by atoms with van der Waals surface area (Å²) in [4.78, 5) is 0. The summed E-state index contributed by atoms with van der Waals surface area (Å²) in [5, 5.41) is 13.3. The zero-order chi connectivity index (χ0) is 14.7. The van der Waals surface area contributed by atoms with Gasteiger partial charge in [0.1, 0.15) is 5.75 Å². The first kappa shape index (κ1) is 14.0. The smallest absolute Gasteiger partial charge is 0.231 e. The van der Waals surface area contributed by atoms with Crippen LogP contribution >= 0.6 is 11.6 Å². The summed E-state index contributed by atoms with van der Waals surface area (Å²) in [7, 11) is 0. The predicted octanol–water partition coefficient (Wildman–Crippen LogP) is 3.11. The fraction of sp³-hybridized carbons (Fsp3) is 0.250. The molecule has 0 bridgehead atoms. The Bertz CT molecular complexity index is 628. The third-order valence-corrected chi connectivity index (χ3v) is 3.74. The Morgan fingerprint density at radius 1 is 1.10 bits per heavy atom. The molecule has 0 radical (unpaired) electrons. The maximum Gasteiger partial charge on any atom is 0.231 e. The number of phenols is 1. The van der Waals surface area contributed by atoms with E-state index in [1.165, 1.54) is 5.56 Å². The molecule has 0 spiro atoms. The van der Waals surface area contributed by atoms with Crippen molar-refractivity contribution in [1.82, 2.24) is 5.32 Å². The van der Waals surface area contributed by atoms with E-state index >= 15 is 0 Å². The lowest BCUT2D eigenvalue weighted by molar-refractivity contribution is 0.174. The number of halogens is 1. The van der Waals surface area contributed by atoms with Crippen LogP contribution in [-0.4, -0.2) is 18.4 Å². The van der Waals surface area contributed by atoms with Gasteiger partial charge in [0, 0.05) is 17.6 Å². The molecule has 2 N–H and O–H groups in total. The molecule has 21 heavy (non-hydrogen) atoms. The van der Waals surface area contributed by atoms with Crippen LogP contribution in [0.2, 0.25) is 5.02 Å². The maximum absolute atomic E-state index is 9.23. The molecule has 5 heteroatoms. The molecule has 0 saturated heterocycles. The standard InChI is InChI=1S/C16H16ClNO3/c17-14-8-16-15(20-10-21-16)7-12(14)9-18-6-5-11-1-3-13(19)4-2-11/h1-4,7-8,18-19H,5-6,9-10H2. The lowest BCUT2D eigenvalue weighted by Gasteiger charge is -2.08. The third kappa shape index (κ3) is 3.40. The molecule has 1 heterocycles. The zero-order valence-electron chi connectivity index (χ0n) is 11.4. The molecule has 4 nitrogen and oxygen atoms in total. The molecule has 0 aromatic heterocycles. The number of ether oxygens (including phenoxy) is 2. The van der Waals surface area contributed by atoms with Gasteiger partial charge in [0.25, 0.3) is 0 Å². The van der Waals surface area contributed by atoms with Crippen molar-refractivity contribution < 1.29 is 14.6 Å². The number of nitrogens with one attached hydrogen (secondary N) is 1. The number of rotatable bonds is 5. The van der Waals surface area contributed by atoms with Crippen LogP contribution in [0.15, 0.2) is 36.4 Å². The summed E-state index contributed by atoms with van der Waals surface area (Å²) in [6, 6.07) is 10.9. The Balaban J connectivity index is 1.52. The average molecular weight is 306 g/mol. The van der Waals surface area contributed by atoms with E-state index < -0.39 is 0 Å². The van der Waals surface area contributed by atoms with Crippen molar-refractivity contribution in [2.75, 3.05) is 13.3 Å². The summed E-state index contributed by atoms with van der Waals surface area (Å²) in [6.07, 6.45) is 0.891. The molecule has 0 amide bonds.